The molecule has 0 spiro atoms. The highest BCUT2D eigenvalue weighted by Gasteiger charge is 2.03. The minimum Gasteiger partial charge on any atom is -0.493 e. The van der Waals surface area contributed by atoms with Gasteiger partial charge in [-0.15, -0.1) is 12.6 Å². The van der Waals surface area contributed by atoms with Crippen LogP contribution in [0.15, 0.2) is 29.2 Å². The van der Waals surface area contributed by atoms with E-state index in [9.17, 15) is 0 Å². The lowest BCUT2D eigenvalue weighted by Gasteiger charge is -2.13. The Morgan fingerprint density at radius 2 is 1.72 bits per heavy atom. The molecule has 102 valence electrons. The molecule has 0 aliphatic heterocycles. The summed E-state index contributed by atoms with van der Waals surface area (Å²) in [6.07, 6.45) is 8.05. The minimum absolute atomic E-state index is 0.641. The standard InChI is InChI=1S/C16H26OS/c1-3-4-5-6-7-8-14(2)13-17-15-9-11-16(18)12-10-15/h9-12,14,18H,3-8,13H2,1-2H3. The number of rotatable bonds is 9. The first-order valence-corrected chi connectivity index (χ1v) is 7.59. The van der Waals surface area contributed by atoms with Gasteiger partial charge in [-0.2, -0.15) is 0 Å². The Balaban J connectivity index is 2.09. The van der Waals surface area contributed by atoms with Crippen molar-refractivity contribution in [2.24, 2.45) is 5.92 Å². The molecule has 1 unspecified atom stereocenters. The second-order valence-electron chi connectivity index (χ2n) is 5.11. The number of hydrogen-bond acceptors (Lipinski definition) is 2. The van der Waals surface area contributed by atoms with E-state index >= 15 is 0 Å². The average molecular weight is 266 g/mol. The first kappa shape index (κ1) is 15.4. The summed E-state index contributed by atoms with van der Waals surface area (Å²) in [7, 11) is 0. The number of unbranched alkanes of at least 4 members (excludes halogenated alkanes) is 4. The maximum absolute atomic E-state index is 5.77. The third-order valence-corrected chi connectivity index (χ3v) is 3.47. The summed E-state index contributed by atoms with van der Waals surface area (Å²) in [6.45, 7) is 5.35. The quantitative estimate of drug-likeness (QED) is 0.468. The average Bonchev–Trinajstić information content (AvgIpc) is 2.38. The number of hydrogen-bond donors (Lipinski definition) is 1. The third kappa shape index (κ3) is 6.95. The molecule has 0 saturated carbocycles. The van der Waals surface area contributed by atoms with Crippen LogP contribution in [-0.2, 0) is 0 Å². The van der Waals surface area contributed by atoms with E-state index in [0.717, 1.165) is 17.3 Å². The van der Waals surface area contributed by atoms with E-state index in [2.05, 4.69) is 26.5 Å². The van der Waals surface area contributed by atoms with Crippen LogP contribution in [-0.4, -0.2) is 6.61 Å². The molecule has 1 aromatic rings. The van der Waals surface area contributed by atoms with Gasteiger partial charge in [0.25, 0.3) is 0 Å². The van der Waals surface area contributed by atoms with Crippen LogP contribution in [0, 0.1) is 5.92 Å². The summed E-state index contributed by atoms with van der Waals surface area (Å²) in [4.78, 5) is 0.978. The SMILES string of the molecule is CCCCCCCC(C)COc1ccc(S)cc1. The van der Waals surface area contributed by atoms with Gasteiger partial charge in [-0.3, -0.25) is 0 Å². The zero-order chi connectivity index (χ0) is 13.2. The van der Waals surface area contributed by atoms with Crippen molar-refractivity contribution in [3.63, 3.8) is 0 Å². The van der Waals surface area contributed by atoms with E-state index in [4.69, 9.17) is 4.74 Å². The second kappa shape index (κ2) is 9.32. The van der Waals surface area contributed by atoms with Crippen LogP contribution in [0.25, 0.3) is 0 Å². The Morgan fingerprint density at radius 3 is 2.39 bits per heavy atom. The van der Waals surface area contributed by atoms with Crippen molar-refractivity contribution in [3.05, 3.63) is 24.3 Å². The molecule has 1 nitrogen and oxygen atoms in total. The Kier molecular flexibility index (Phi) is 7.99. The summed E-state index contributed by atoms with van der Waals surface area (Å²) in [6, 6.07) is 7.90. The number of ether oxygens (including phenoxy) is 1. The van der Waals surface area contributed by atoms with Gasteiger partial charge in [0, 0.05) is 4.90 Å². The van der Waals surface area contributed by atoms with Gasteiger partial charge >= 0.3 is 0 Å². The first-order chi connectivity index (χ1) is 8.72. The fourth-order valence-corrected chi connectivity index (χ4v) is 2.11. The van der Waals surface area contributed by atoms with Gasteiger partial charge in [0.1, 0.15) is 5.75 Å². The van der Waals surface area contributed by atoms with E-state index in [1.807, 2.05) is 24.3 Å². The minimum atomic E-state index is 0.641. The highest BCUT2D eigenvalue weighted by Crippen LogP contribution is 2.17. The van der Waals surface area contributed by atoms with Crippen molar-refractivity contribution in [2.75, 3.05) is 6.61 Å². The summed E-state index contributed by atoms with van der Waals surface area (Å²) < 4.78 is 5.77. The number of thiol groups is 1. The molecule has 0 saturated heterocycles. The van der Waals surface area contributed by atoms with Crippen LogP contribution < -0.4 is 4.74 Å². The molecule has 0 fully saturated rings. The zero-order valence-corrected chi connectivity index (χ0v) is 12.6. The van der Waals surface area contributed by atoms with Gasteiger partial charge in [-0.25, -0.2) is 0 Å². The van der Waals surface area contributed by atoms with Crippen LogP contribution in [0.1, 0.15) is 52.4 Å². The van der Waals surface area contributed by atoms with Gasteiger partial charge in [-0.1, -0.05) is 46.0 Å². The van der Waals surface area contributed by atoms with Crippen molar-refractivity contribution in [1.82, 2.24) is 0 Å². The van der Waals surface area contributed by atoms with Crippen molar-refractivity contribution in [2.45, 2.75) is 57.3 Å². The topological polar surface area (TPSA) is 9.23 Å². The monoisotopic (exact) mass is 266 g/mol. The Hall–Kier alpha value is -0.630. The van der Waals surface area contributed by atoms with Gasteiger partial charge in [-0.05, 0) is 36.6 Å². The van der Waals surface area contributed by atoms with Crippen LogP contribution in [0.3, 0.4) is 0 Å². The predicted octanol–water partition coefficient (Wildman–Crippen LogP) is 5.35. The largest absolute Gasteiger partial charge is 0.493 e. The summed E-state index contributed by atoms with van der Waals surface area (Å²) in [5, 5.41) is 0. The lowest BCUT2D eigenvalue weighted by molar-refractivity contribution is 0.248. The van der Waals surface area contributed by atoms with Crippen LogP contribution in [0.2, 0.25) is 0 Å². The molecule has 18 heavy (non-hydrogen) atoms. The van der Waals surface area contributed by atoms with Crippen molar-refractivity contribution in [3.8, 4) is 5.75 Å². The molecule has 1 rings (SSSR count). The summed E-state index contributed by atoms with van der Waals surface area (Å²) in [5.74, 6) is 1.59. The van der Waals surface area contributed by atoms with E-state index in [0.29, 0.717) is 5.92 Å². The lowest BCUT2D eigenvalue weighted by Crippen LogP contribution is -2.08. The molecular weight excluding hydrogens is 240 g/mol. The fourth-order valence-electron chi connectivity index (χ4n) is 1.96. The molecular formula is C16H26OS. The van der Waals surface area contributed by atoms with Gasteiger partial charge in [0.15, 0.2) is 0 Å². The Bertz CT molecular complexity index is 307. The first-order valence-electron chi connectivity index (χ1n) is 7.14. The molecule has 0 bridgehead atoms. The third-order valence-electron chi connectivity index (χ3n) is 3.17. The highest BCUT2D eigenvalue weighted by molar-refractivity contribution is 7.80. The van der Waals surface area contributed by atoms with Crippen LogP contribution >= 0.6 is 12.6 Å². The van der Waals surface area contributed by atoms with E-state index in [-0.39, 0.29) is 0 Å². The summed E-state index contributed by atoms with van der Waals surface area (Å²) >= 11 is 4.26. The maximum Gasteiger partial charge on any atom is 0.119 e. The van der Waals surface area contributed by atoms with Crippen molar-refractivity contribution in [1.29, 1.82) is 0 Å². The van der Waals surface area contributed by atoms with Crippen molar-refractivity contribution >= 4 is 12.6 Å². The predicted molar refractivity (Wildman–Crippen MR) is 81.7 cm³/mol. The van der Waals surface area contributed by atoms with Crippen molar-refractivity contribution < 1.29 is 4.74 Å². The van der Waals surface area contributed by atoms with Gasteiger partial charge in [0.05, 0.1) is 6.61 Å². The van der Waals surface area contributed by atoms with E-state index in [1.165, 1.54) is 38.5 Å². The molecule has 2 heteroatoms. The molecule has 0 aliphatic rings. The maximum atomic E-state index is 5.77. The van der Waals surface area contributed by atoms with Gasteiger partial charge < -0.3 is 4.74 Å². The molecule has 1 aromatic carbocycles. The van der Waals surface area contributed by atoms with E-state index < -0.39 is 0 Å². The smallest absolute Gasteiger partial charge is 0.119 e. The van der Waals surface area contributed by atoms with Crippen LogP contribution in [0.4, 0.5) is 0 Å². The second-order valence-corrected chi connectivity index (χ2v) is 5.63. The Morgan fingerprint density at radius 1 is 1.06 bits per heavy atom. The zero-order valence-electron chi connectivity index (χ0n) is 11.7. The molecule has 0 amide bonds. The van der Waals surface area contributed by atoms with Crippen LogP contribution in [0.5, 0.6) is 5.75 Å². The molecule has 0 heterocycles. The molecule has 0 N–H and O–H groups in total. The fraction of sp³-hybridized carbons (Fsp3) is 0.625. The normalized spacial score (nSPS) is 12.4. The van der Waals surface area contributed by atoms with Gasteiger partial charge in [0.2, 0.25) is 0 Å². The molecule has 0 radical (unpaired) electrons. The Labute approximate surface area is 117 Å². The van der Waals surface area contributed by atoms with E-state index in [1.54, 1.807) is 0 Å². The molecule has 0 aromatic heterocycles. The highest BCUT2D eigenvalue weighted by atomic mass is 32.1. The molecule has 0 aliphatic carbocycles. The summed E-state index contributed by atoms with van der Waals surface area (Å²) in [5.41, 5.74) is 0. The molecule has 1 atom stereocenters. The lowest BCUT2D eigenvalue weighted by atomic mass is 10.0. The number of benzene rings is 1.